The molecule has 1 heteroatoms. The molecule has 0 unspecified atom stereocenters. The Morgan fingerprint density at radius 1 is 0.264 bits per heavy atom. The lowest BCUT2D eigenvalue weighted by Gasteiger charge is -2.16. The van der Waals surface area contributed by atoms with Crippen molar-refractivity contribution in [2.24, 2.45) is 0 Å². The Morgan fingerprint density at radius 3 is 1.29 bits per heavy atom. The van der Waals surface area contributed by atoms with Crippen molar-refractivity contribution in [1.82, 2.24) is 0 Å². The van der Waals surface area contributed by atoms with Crippen LogP contribution in [-0.4, -0.2) is 0 Å². The quantitative estimate of drug-likeness (QED) is 0.133. The van der Waals surface area contributed by atoms with Crippen molar-refractivity contribution in [3.05, 3.63) is 254 Å². The smallest absolute Gasteiger partial charge is 0.0440 e. The van der Waals surface area contributed by atoms with Crippen LogP contribution >= 0.6 is 11.3 Å². The minimum absolute atomic E-state index is 0.605. The molecule has 0 amide bonds. The zero-order valence-corrected chi connectivity index (χ0v) is 40.8. The third-order valence-electron chi connectivity index (χ3n) is 15.6. The standard InChI is InChI=1S/C71H50S/c1-2-16-51(17-3-1)61-39-38-60(70-67-26-10-11-27-69(67)72-71(61)70)56-21-13-19-53(41-56)48-30-34-50(35-31-48)59-43-57(46-14-4-5-15-46)42-58(44-59)49-32-28-47(29-33-49)52-18-12-20-54(40-52)55-36-37-66-64-24-7-6-22-62(64)63-23-8-9-25-65(63)68(66)45-55/h1-3,6-13,16-46H,4-5,14-15H2. The molecule has 1 heterocycles. The highest BCUT2D eigenvalue weighted by Gasteiger charge is 2.20. The van der Waals surface area contributed by atoms with Crippen molar-refractivity contribution >= 4 is 63.8 Å². The van der Waals surface area contributed by atoms with Gasteiger partial charge in [0.15, 0.2) is 0 Å². The predicted octanol–water partition coefficient (Wildman–Crippen LogP) is 20.8. The van der Waals surface area contributed by atoms with E-state index in [9.17, 15) is 0 Å². The van der Waals surface area contributed by atoms with Crippen molar-refractivity contribution in [2.45, 2.75) is 31.6 Å². The summed E-state index contributed by atoms with van der Waals surface area (Å²) in [6.45, 7) is 0. The molecule has 0 saturated heterocycles. The number of hydrogen-bond donors (Lipinski definition) is 0. The molecule has 0 N–H and O–H groups in total. The van der Waals surface area contributed by atoms with Crippen molar-refractivity contribution in [3.8, 4) is 77.9 Å². The Bertz CT molecular complexity index is 4150. The number of rotatable bonds is 8. The van der Waals surface area contributed by atoms with E-state index in [4.69, 9.17) is 0 Å². The van der Waals surface area contributed by atoms with E-state index in [0.717, 1.165) is 0 Å². The van der Waals surface area contributed by atoms with Crippen LogP contribution in [0.3, 0.4) is 0 Å². The van der Waals surface area contributed by atoms with Gasteiger partial charge in [-0.1, -0.05) is 231 Å². The van der Waals surface area contributed by atoms with E-state index in [1.807, 2.05) is 11.3 Å². The molecule has 72 heavy (non-hydrogen) atoms. The van der Waals surface area contributed by atoms with Gasteiger partial charge in [-0.25, -0.2) is 0 Å². The van der Waals surface area contributed by atoms with Crippen molar-refractivity contribution < 1.29 is 0 Å². The molecule has 340 valence electrons. The first-order valence-corrected chi connectivity index (χ1v) is 26.4. The van der Waals surface area contributed by atoms with Crippen LogP contribution in [0.15, 0.2) is 249 Å². The number of hydrogen-bond acceptors (Lipinski definition) is 1. The van der Waals surface area contributed by atoms with Gasteiger partial charge in [-0.3, -0.25) is 0 Å². The zero-order valence-electron chi connectivity index (χ0n) is 40.0. The third-order valence-corrected chi connectivity index (χ3v) is 16.8. The number of benzene rings is 12. The van der Waals surface area contributed by atoms with Crippen LogP contribution in [0.5, 0.6) is 0 Å². The van der Waals surface area contributed by atoms with Gasteiger partial charge in [0.1, 0.15) is 0 Å². The maximum absolute atomic E-state index is 2.47. The summed E-state index contributed by atoms with van der Waals surface area (Å²) in [4.78, 5) is 0. The molecule has 0 radical (unpaired) electrons. The average Bonchev–Trinajstić information content (AvgIpc) is 4.15. The average molecular weight is 935 g/mol. The molecule has 1 aliphatic rings. The van der Waals surface area contributed by atoms with Crippen LogP contribution in [-0.2, 0) is 0 Å². The lowest BCUT2D eigenvalue weighted by atomic mass is 9.89. The number of thiophene rings is 1. The van der Waals surface area contributed by atoms with Gasteiger partial charge in [-0.15, -0.1) is 11.3 Å². The first kappa shape index (κ1) is 42.5. The van der Waals surface area contributed by atoms with E-state index in [1.54, 1.807) is 0 Å². The van der Waals surface area contributed by atoms with E-state index in [2.05, 4.69) is 249 Å². The van der Waals surface area contributed by atoms with Gasteiger partial charge in [0.05, 0.1) is 0 Å². The second kappa shape index (κ2) is 17.8. The largest absolute Gasteiger partial charge is 0.135 e. The summed E-state index contributed by atoms with van der Waals surface area (Å²) in [6, 6.07) is 93.1. The van der Waals surface area contributed by atoms with Crippen LogP contribution in [0.1, 0.15) is 37.2 Å². The minimum Gasteiger partial charge on any atom is -0.135 e. The Labute approximate surface area is 425 Å². The summed E-state index contributed by atoms with van der Waals surface area (Å²) in [5.74, 6) is 0.605. The topological polar surface area (TPSA) is 0 Å². The summed E-state index contributed by atoms with van der Waals surface area (Å²) < 4.78 is 2.67. The fourth-order valence-electron chi connectivity index (χ4n) is 11.9. The van der Waals surface area contributed by atoms with Crippen LogP contribution in [0, 0.1) is 0 Å². The van der Waals surface area contributed by atoms with Crippen LogP contribution in [0.25, 0.3) is 130 Å². The Hall–Kier alpha value is -8.36. The Balaban J connectivity index is 0.771. The molecular formula is C71H50S. The Morgan fingerprint density at radius 2 is 0.681 bits per heavy atom. The van der Waals surface area contributed by atoms with E-state index in [-0.39, 0.29) is 0 Å². The molecule has 13 aromatic rings. The normalized spacial score (nSPS) is 13.0. The molecule has 1 saturated carbocycles. The predicted molar refractivity (Wildman–Crippen MR) is 311 cm³/mol. The first-order chi connectivity index (χ1) is 35.7. The lowest BCUT2D eigenvalue weighted by molar-refractivity contribution is 0.724. The van der Waals surface area contributed by atoms with Gasteiger partial charge in [0.25, 0.3) is 0 Å². The molecule has 0 nitrogen and oxygen atoms in total. The van der Waals surface area contributed by atoms with Gasteiger partial charge in [-0.05, 0) is 165 Å². The van der Waals surface area contributed by atoms with E-state index >= 15 is 0 Å². The van der Waals surface area contributed by atoms with Crippen LogP contribution in [0.2, 0.25) is 0 Å². The van der Waals surface area contributed by atoms with Crippen LogP contribution in [0.4, 0.5) is 0 Å². The van der Waals surface area contributed by atoms with E-state index in [0.29, 0.717) is 5.92 Å². The molecule has 14 rings (SSSR count). The molecule has 1 aromatic heterocycles. The van der Waals surface area contributed by atoms with E-state index < -0.39 is 0 Å². The van der Waals surface area contributed by atoms with E-state index in [1.165, 1.54) is 162 Å². The third kappa shape index (κ3) is 7.52. The fourth-order valence-corrected chi connectivity index (χ4v) is 13.2. The van der Waals surface area contributed by atoms with Crippen LogP contribution < -0.4 is 0 Å². The summed E-state index contributed by atoms with van der Waals surface area (Å²) in [7, 11) is 0. The molecule has 0 aliphatic heterocycles. The molecule has 0 bridgehead atoms. The highest BCUT2D eigenvalue weighted by atomic mass is 32.1. The van der Waals surface area contributed by atoms with Crippen molar-refractivity contribution in [3.63, 3.8) is 0 Å². The molecule has 1 aliphatic carbocycles. The molecule has 12 aromatic carbocycles. The minimum atomic E-state index is 0.605. The second-order valence-electron chi connectivity index (χ2n) is 19.8. The fraction of sp³-hybridized carbons (Fsp3) is 0.0704. The zero-order chi connectivity index (χ0) is 47.5. The Kier molecular flexibility index (Phi) is 10.5. The summed E-state index contributed by atoms with van der Waals surface area (Å²) in [6.07, 6.45) is 5.15. The summed E-state index contributed by atoms with van der Waals surface area (Å²) in [5.41, 5.74) is 19.0. The van der Waals surface area contributed by atoms with Crippen molar-refractivity contribution in [1.29, 1.82) is 0 Å². The highest BCUT2D eigenvalue weighted by molar-refractivity contribution is 7.26. The molecule has 0 spiro atoms. The SMILES string of the molecule is c1ccc(-c2ccc(-c3cccc(-c4ccc(-c5cc(-c6ccc(-c7cccc(-c8ccc9c%10ccccc%10c%10ccccc%10c9c8)c7)cc6)cc(C6CCCC6)c5)cc4)c3)c3c2sc2ccccc23)cc1. The highest BCUT2D eigenvalue weighted by Crippen LogP contribution is 2.46. The molecular weight excluding hydrogens is 885 g/mol. The number of fused-ring (bicyclic) bond motifs is 9. The molecule has 0 atom stereocenters. The van der Waals surface area contributed by atoms with Gasteiger partial charge in [-0.2, -0.15) is 0 Å². The first-order valence-electron chi connectivity index (χ1n) is 25.6. The van der Waals surface area contributed by atoms with Gasteiger partial charge >= 0.3 is 0 Å². The summed E-state index contributed by atoms with van der Waals surface area (Å²) in [5, 5.41) is 10.5. The van der Waals surface area contributed by atoms with Gasteiger partial charge in [0, 0.05) is 20.2 Å². The lowest BCUT2D eigenvalue weighted by Crippen LogP contribution is -1.95. The molecule has 1 fully saturated rings. The van der Waals surface area contributed by atoms with Crippen molar-refractivity contribution in [2.75, 3.05) is 0 Å². The monoisotopic (exact) mass is 934 g/mol. The maximum Gasteiger partial charge on any atom is 0.0440 e. The maximum atomic E-state index is 2.47. The van der Waals surface area contributed by atoms with Gasteiger partial charge in [0.2, 0.25) is 0 Å². The second-order valence-corrected chi connectivity index (χ2v) is 20.9. The van der Waals surface area contributed by atoms with Gasteiger partial charge < -0.3 is 0 Å². The summed E-state index contributed by atoms with van der Waals surface area (Å²) >= 11 is 1.90.